The van der Waals surface area contributed by atoms with Crippen molar-refractivity contribution in [3.63, 3.8) is 0 Å². The quantitative estimate of drug-likeness (QED) is 0.596. The van der Waals surface area contributed by atoms with Crippen molar-refractivity contribution >= 4 is 48.9 Å². The first-order chi connectivity index (χ1) is 1.73. The summed E-state index contributed by atoms with van der Waals surface area (Å²) >= 11 is 0. The molecule has 3 heteroatoms. The average Bonchev–Trinajstić information content (AvgIpc) is 0.811. The Bertz CT molecular complexity index is 15.5. The molecule has 1 N–H and O–H groups in total. The molecular formula is C3H8BaOTi. The molecule has 32 valence electrons. The van der Waals surface area contributed by atoms with Gasteiger partial charge in [-0.1, -0.05) is 0 Å². The third-order valence-corrected chi connectivity index (χ3v) is 0. The molecule has 0 fully saturated rings. The van der Waals surface area contributed by atoms with E-state index in [0.717, 1.165) is 0 Å². The van der Waals surface area contributed by atoms with Crippen LogP contribution in [0.5, 0.6) is 0 Å². The van der Waals surface area contributed by atoms with Crippen LogP contribution >= 0.6 is 0 Å². The van der Waals surface area contributed by atoms with Gasteiger partial charge in [-0.2, -0.15) is 0 Å². The monoisotopic (exact) mass is 246 g/mol. The molecule has 0 saturated carbocycles. The van der Waals surface area contributed by atoms with Gasteiger partial charge in [0, 0.05) is 76.7 Å². The van der Waals surface area contributed by atoms with Gasteiger partial charge in [-0.25, -0.2) is 0 Å². The molecule has 0 unspecified atom stereocenters. The fourth-order valence-electron chi connectivity index (χ4n) is 0. The summed E-state index contributed by atoms with van der Waals surface area (Å²) in [6.45, 7) is 3.44. The molecule has 0 aromatic carbocycles. The normalized spacial score (nSPS) is 6.00. The Labute approximate surface area is 93.8 Å². The van der Waals surface area contributed by atoms with E-state index in [1.807, 2.05) is 0 Å². The molecule has 1 nitrogen and oxygen atoms in total. The molecule has 0 bridgehead atoms. The standard InChI is InChI=1S/C3H8O.Ba.Ti/c1-3(2)4;;/h3-4H,1-2H3;;. The predicted molar refractivity (Wildman–Crippen MR) is 23.1 cm³/mol. The van der Waals surface area contributed by atoms with Crippen molar-refractivity contribution in [2.75, 3.05) is 0 Å². The third-order valence-electron chi connectivity index (χ3n) is 0. The second kappa shape index (κ2) is 10.3. The van der Waals surface area contributed by atoms with Gasteiger partial charge in [-0.05, 0) is 13.8 Å². The minimum atomic E-state index is -0.167. The Hall–Kier alpha value is 2.25. The van der Waals surface area contributed by atoms with Gasteiger partial charge in [-0.3, -0.25) is 0 Å². The Morgan fingerprint density at radius 3 is 1.33 bits per heavy atom. The maximum atomic E-state index is 8.06. The summed E-state index contributed by atoms with van der Waals surface area (Å²) in [5.41, 5.74) is 0. The molecule has 0 atom stereocenters. The molecule has 0 saturated heterocycles. The molecular weight excluding hydrogens is 237 g/mol. The van der Waals surface area contributed by atoms with E-state index in [9.17, 15) is 0 Å². The first kappa shape index (κ1) is 15.7. The first-order valence-electron chi connectivity index (χ1n) is 1.41. The molecule has 0 aliphatic carbocycles. The molecule has 0 heterocycles. The molecule has 2 radical (unpaired) electrons. The van der Waals surface area contributed by atoms with Crippen molar-refractivity contribution in [1.82, 2.24) is 0 Å². The maximum absolute atomic E-state index is 8.06. The Morgan fingerprint density at radius 2 is 1.33 bits per heavy atom. The molecule has 0 aliphatic rings. The van der Waals surface area contributed by atoms with Crippen LogP contribution in [0.1, 0.15) is 13.8 Å². The number of rotatable bonds is 0. The molecule has 0 aromatic rings. The molecule has 0 aromatic heterocycles. The van der Waals surface area contributed by atoms with E-state index >= 15 is 0 Å². The SMILES string of the molecule is CC(C)O.[Ba].[Ti]. The smallest absolute Gasteiger partial charge is 0.0483 e. The van der Waals surface area contributed by atoms with E-state index in [-0.39, 0.29) is 76.7 Å². The summed E-state index contributed by atoms with van der Waals surface area (Å²) in [6, 6.07) is 0. The van der Waals surface area contributed by atoms with Crippen LogP contribution in [0.4, 0.5) is 0 Å². The van der Waals surface area contributed by atoms with Gasteiger partial charge in [0.2, 0.25) is 0 Å². The van der Waals surface area contributed by atoms with Crippen LogP contribution in [0, 0.1) is 0 Å². The summed E-state index contributed by atoms with van der Waals surface area (Å²) in [5.74, 6) is 0. The zero-order valence-electron chi connectivity index (χ0n) is 4.23. The third kappa shape index (κ3) is 34.1. The molecule has 6 heavy (non-hydrogen) atoms. The van der Waals surface area contributed by atoms with Gasteiger partial charge in [0.25, 0.3) is 0 Å². The summed E-state index contributed by atoms with van der Waals surface area (Å²) in [7, 11) is 0. The van der Waals surface area contributed by atoms with E-state index in [1.165, 1.54) is 0 Å². The van der Waals surface area contributed by atoms with Gasteiger partial charge in [-0.15, -0.1) is 0 Å². The first-order valence-corrected chi connectivity index (χ1v) is 1.41. The largest absolute Gasteiger partial charge is 0.394 e. The summed E-state index contributed by atoms with van der Waals surface area (Å²) in [5, 5.41) is 8.06. The molecule has 0 aliphatic heterocycles. The second-order valence-electron chi connectivity index (χ2n) is 1.09. The number of aliphatic hydroxyl groups excluding tert-OH is 1. The van der Waals surface area contributed by atoms with Crippen LogP contribution in [-0.4, -0.2) is 60.1 Å². The minimum Gasteiger partial charge on any atom is -0.394 e. The van der Waals surface area contributed by atoms with Crippen molar-refractivity contribution in [2.45, 2.75) is 20.0 Å². The zero-order chi connectivity index (χ0) is 3.58. The number of aliphatic hydroxyl groups is 1. The second-order valence-corrected chi connectivity index (χ2v) is 1.09. The minimum absolute atomic E-state index is 0. The van der Waals surface area contributed by atoms with Crippen LogP contribution in [-0.2, 0) is 21.7 Å². The van der Waals surface area contributed by atoms with E-state index in [0.29, 0.717) is 0 Å². The van der Waals surface area contributed by atoms with Crippen molar-refractivity contribution in [2.24, 2.45) is 0 Å². The van der Waals surface area contributed by atoms with E-state index in [4.69, 9.17) is 5.11 Å². The maximum Gasteiger partial charge on any atom is 0.0483 e. The molecule has 0 rings (SSSR count). The van der Waals surface area contributed by atoms with Crippen LogP contribution in [0.3, 0.4) is 0 Å². The van der Waals surface area contributed by atoms with Crippen molar-refractivity contribution in [1.29, 1.82) is 0 Å². The van der Waals surface area contributed by atoms with Crippen LogP contribution in [0.2, 0.25) is 0 Å². The van der Waals surface area contributed by atoms with Crippen LogP contribution < -0.4 is 0 Å². The van der Waals surface area contributed by atoms with Crippen molar-refractivity contribution < 1.29 is 26.8 Å². The van der Waals surface area contributed by atoms with Crippen molar-refractivity contribution in [3.05, 3.63) is 0 Å². The van der Waals surface area contributed by atoms with E-state index < -0.39 is 0 Å². The molecule has 0 spiro atoms. The van der Waals surface area contributed by atoms with Gasteiger partial charge in [0.05, 0.1) is 0 Å². The van der Waals surface area contributed by atoms with E-state index in [2.05, 4.69) is 0 Å². The summed E-state index contributed by atoms with van der Waals surface area (Å²) in [6.07, 6.45) is -0.167. The van der Waals surface area contributed by atoms with Gasteiger partial charge < -0.3 is 5.11 Å². The summed E-state index contributed by atoms with van der Waals surface area (Å²) in [4.78, 5) is 0. The van der Waals surface area contributed by atoms with E-state index in [1.54, 1.807) is 13.8 Å². The Balaban J connectivity index is -0.0000000450. The van der Waals surface area contributed by atoms with Crippen LogP contribution in [0.25, 0.3) is 0 Å². The fourth-order valence-corrected chi connectivity index (χ4v) is 0. The van der Waals surface area contributed by atoms with Crippen LogP contribution in [0.15, 0.2) is 0 Å². The van der Waals surface area contributed by atoms with Crippen molar-refractivity contribution in [3.8, 4) is 0 Å². The van der Waals surface area contributed by atoms with Gasteiger partial charge in [0.15, 0.2) is 0 Å². The average molecular weight is 245 g/mol. The number of hydrogen-bond acceptors (Lipinski definition) is 1. The predicted octanol–water partition coefficient (Wildman–Crippen LogP) is 0.00380. The topological polar surface area (TPSA) is 20.2 Å². The zero-order valence-corrected chi connectivity index (χ0v) is 10.2. The Morgan fingerprint density at radius 1 is 1.33 bits per heavy atom. The van der Waals surface area contributed by atoms with Gasteiger partial charge in [0.1, 0.15) is 0 Å². The number of hydrogen-bond donors (Lipinski definition) is 1. The molecule has 0 amide bonds. The summed E-state index contributed by atoms with van der Waals surface area (Å²) < 4.78 is 0. The fraction of sp³-hybridized carbons (Fsp3) is 1.00. The Kier molecular flexibility index (Phi) is 26.9. The van der Waals surface area contributed by atoms with Gasteiger partial charge >= 0.3 is 0 Å².